The van der Waals surface area contributed by atoms with Gasteiger partial charge in [0, 0.05) is 13.1 Å². The van der Waals surface area contributed by atoms with E-state index in [1.165, 1.54) is 18.2 Å². The van der Waals surface area contributed by atoms with E-state index in [1.807, 2.05) is 0 Å². The molecule has 0 bridgehead atoms. The number of carbonyl (C=O) groups excluding carboxylic acids is 2. The van der Waals surface area contributed by atoms with Crippen molar-refractivity contribution in [1.29, 1.82) is 0 Å². The minimum Gasteiger partial charge on any atom is -0.381 e. The van der Waals surface area contributed by atoms with Crippen molar-refractivity contribution < 1.29 is 27.9 Å². The van der Waals surface area contributed by atoms with E-state index in [0.29, 0.717) is 0 Å². The topological polar surface area (TPSA) is 139 Å². The first-order valence-electron chi connectivity index (χ1n) is 7.09. The third-order valence-electron chi connectivity index (χ3n) is 3.32. The quantitative estimate of drug-likeness (QED) is 0.637. The summed E-state index contributed by atoms with van der Waals surface area (Å²) in [6.45, 7) is 3.52. The van der Waals surface area contributed by atoms with Crippen LogP contribution in [-0.4, -0.2) is 61.5 Å². The molecule has 4 N–H and O–H groups in total. The maximum atomic E-state index is 12.6. The number of anilines is 1. The number of nitrogens with one attached hydrogen (secondary N) is 1. The van der Waals surface area contributed by atoms with Gasteiger partial charge < -0.3 is 20.9 Å². The zero-order valence-electron chi connectivity index (χ0n) is 13.2. The van der Waals surface area contributed by atoms with E-state index >= 15 is 0 Å². The van der Waals surface area contributed by atoms with E-state index < -0.39 is 27.4 Å². The van der Waals surface area contributed by atoms with Crippen molar-refractivity contribution in [2.75, 3.05) is 31.6 Å². The highest BCUT2D eigenvalue weighted by Crippen LogP contribution is 2.33. The van der Waals surface area contributed by atoms with Gasteiger partial charge in [-0.3, -0.25) is 9.59 Å². The molecule has 134 valence electrons. The van der Waals surface area contributed by atoms with Gasteiger partial charge in [-0.05, 0) is 19.9 Å². The lowest BCUT2D eigenvalue weighted by Crippen LogP contribution is -2.40. The summed E-state index contributed by atoms with van der Waals surface area (Å²) in [5, 5.41) is 12.0. The number of hydrogen-bond donors (Lipinski definition) is 3. The molecule has 11 heteroatoms. The molecule has 1 aliphatic rings. The number of aliphatic hydroxyl groups is 1. The average molecular weight is 377 g/mol. The van der Waals surface area contributed by atoms with Gasteiger partial charge in [0.05, 0.1) is 18.8 Å². The Kier molecular flexibility index (Phi) is 5.30. The number of sulfonamides is 1. The van der Waals surface area contributed by atoms with Crippen LogP contribution in [0.4, 0.5) is 5.00 Å². The van der Waals surface area contributed by atoms with Gasteiger partial charge in [-0.1, -0.05) is 0 Å². The van der Waals surface area contributed by atoms with Crippen molar-refractivity contribution in [2.45, 2.75) is 23.7 Å². The summed E-state index contributed by atoms with van der Waals surface area (Å²) in [5.74, 6) is -1.65. The summed E-state index contributed by atoms with van der Waals surface area (Å²) in [6, 6.07) is 1.14. The van der Waals surface area contributed by atoms with E-state index in [0.717, 1.165) is 17.4 Å². The van der Waals surface area contributed by atoms with Crippen LogP contribution in [0.1, 0.15) is 24.2 Å². The van der Waals surface area contributed by atoms with Crippen LogP contribution in [0.15, 0.2) is 10.3 Å². The predicted octanol–water partition coefficient (Wildman–Crippen LogP) is -0.423. The maximum Gasteiger partial charge on any atom is 0.256 e. The van der Waals surface area contributed by atoms with Crippen LogP contribution in [0.3, 0.4) is 0 Å². The van der Waals surface area contributed by atoms with E-state index in [9.17, 15) is 23.1 Å². The van der Waals surface area contributed by atoms with Crippen molar-refractivity contribution in [3.63, 3.8) is 0 Å². The Morgan fingerprint density at radius 3 is 2.46 bits per heavy atom. The lowest BCUT2D eigenvalue weighted by molar-refractivity contribution is -0.130. The fourth-order valence-corrected chi connectivity index (χ4v) is 4.87. The molecule has 0 saturated carbocycles. The Morgan fingerprint density at radius 1 is 1.38 bits per heavy atom. The fraction of sp³-hybridized carbons (Fsp3) is 0.538. The SMILES string of the molecule is CC(C)(O)C(=O)Nc1sc(S(=O)(=O)N2CCOCC2)cc1C(N)=O. The molecule has 0 aromatic carbocycles. The molecular formula is C13H19N3O6S2. The zero-order valence-corrected chi connectivity index (χ0v) is 14.9. The number of thiophene rings is 1. The molecule has 1 aromatic heterocycles. The highest BCUT2D eigenvalue weighted by molar-refractivity contribution is 7.91. The van der Waals surface area contributed by atoms with Crippen LogP contribution in [0.2, 0.25) is 0 Å². The number of nitrogens with zero attached hydrogens (tertiary/aromatic N) is 1. The van der Waals surface area contributed by atoms with Crippen LogP contribution < -0.4 is 11.1 Å². The molecule has 0 spiro atoms. The highest BCUT2D eigenvalue weighted by atomic mass is 32.2. The average Bonchev–Trinajstić information content (AvgIpc) is 2.92. The highest BCUT2D eigenvalue weighted by Gasteiger charge is 2.32. The molecule has 24 heavy (non-hydrogen) atoms. The Hall–Kier alpha value is -1.53. The number of carbonyl (C=O) groups is 2. The molecule has 0 unspecified atom stereocenters. The molecule has 1 aliphatic heterocycles. The third-order valence-corrected chi connectivity index (χ3v) is 6.72. The molecule has 2 amide bonds. The largest absolute Gasteiger partial charge is 0.381 e. The van der Waals surface area contributed by atoms with Crippen molar-refractivity contribution in [1.82, 2.24) is 4.31 Å². The summed E-state index contributed by atoms with van der Waals surface area (Å²) in [4.78, 5) is 23.4. The normalized spacial score (nSPS) is 16.8. The molecule has 1 saturated heterocycles. The van der Waals surface area contributed by atoms with Gasteiger partial charge in [0.2, 0.25) is 0 Å². The lowest BCUT2D eigenvalue weighted by atomic mass is 10.1. The van der Waals surface area contributed by atoms with Crippen LogP contribution in [0.25, 0.3) is 0 Å². The molecule has 1 aromatic rings. The van der Waals surface area contributed by atoms with Crippen molar-refractivity contribution in [2.24, 2.45) is 5.73 Å². The monoisotopic (exact) mass is 377 g/mol. The predicted molar refractivity (Wildman–Crippen MR) is 87.3 cm³/mol. The second-order valence-electron chi connectivity index (χ2n) is 5.70. The fourth-order valence-electron chi connectivity index (χ4n) is 1.94. The summed E-state index contributed by atoms with van der Waals surface area (Å²) >= 11 is 0.719. The minimum absolute atomic E-state index is 0.0125. The molecular weight excluding hydrogens is 358 g/mol. The Balaban J connectivity index is 2.37. The lowest BCUT2D eigenvalue weighted by Gasteiger charge is -2.25. The first kappa shape index (κ1) is 18.8. The van der Waals surface area contributed by atoms with E-state index in [-0.39, 0.29) is 41.1 Å². The zero-order chi connectivity index (χ0) is 18.1. The minimum atomic E-state index is -3.82. The Bertz CT molecular complexity index is 744. The Morgan fingerprint density at radius 2 is 1.96 bits per heavy atom. The van der Waals surface area contributed by atoms with Crippen LogP contribution in [0, 0.1) is 0 Å². The van der Waals surface area contributed by atoms with Crippen molar-refractivity contribution in [3.8, 4) is 0 Å². The van der Waals surface area contributed by atoms with Crippen LogP contribution >= 0.6 is 11.3 Å². The van der Waals surface area contributed by atoms with Crippen LogP contribution in [-0.2, 0) is 19.6 Å². The van der Waals surface area contributed by atoms with Gasteiger partial charge >= 0.3 is 0 Å². The molecule has 0 aliphatic carbocycles. The maximum absolute atomic E-state index is 12.6. The van der Waals surface area contributed by atoms with Crippen molar-refractivity contribution in [3.05, 3.63) is 11.6 Å². The van der Waals surface area contributed by atoms with Gasteiger partial charge in [-0.25, -0.2) is 8.42 Å². The van der Waals surface area contributed by atoms with Gasteiger partial charge in [0.25, 0.3) is 21.8 Å². The molecule has 9 nitrogen and oxygen atoms in total. The third kappa shape index (κ3) is 3.92. The summed E-state index contributed by atoms with van der Waals surface area (Å²) < 4.78 is 31.5. The number of hydrogen-bond acceptors (Lipinski definition) is 7. The van der Waals surface area contributed by atoms with Gasteiger partial charge in [0.1, 0.15) is 14.8 Å². The first-order valence-corrected chi connectivity index (χ1v) is 9.34. The van der Waals surface area contributed by atoms with E-state index in [2.05, 4.69) is 5.32 Å². The smallest absolute Gasteiger partial charge is 0.256 e. The van der Waals surface area contributed by atoms with Crippen molar-refractivity contribution >= 4 is 38.2 Å². The number of primary amides is 1. The first-order chi connectivity index (χ1) is 11.0. The molecule has 2 heterocycles. The second kappa shape index (κ2) is 6.76. The van der Waals surface area contributed by atoms with Gasteiger partial charge in [-0.2, -0.15) is 4.31 Å². The molecule has 1 fully saturated rings. The standard InChI is InChI=1S/C13H19N3O6S2/c1-13(2,19)12(18)15-11-8(10(14)17)7-9(23-11)24(20,21)16-3-5-22-6-4-16/h7,19H,3-6H2,1-2H3,(H2,14,17)(H,15,18). The Labute approximate surface area is 143 Å². The number of amides is 2. The van der Waals surface area contributed by atoms with Crippen LogP contribution in [0.5, 0.6) is 0 Å². The summed E-state index contributed by atoms with van der Waals surface area (Å²) in [7, 11) is -3.82. The molecule has 0 atom stereocenters. The molecule has 0 radical (unpaired) electrons. The number of nitrogens with two attached hydrogens (primary N) is 1. The summed E-state index contributed by atoms with van der Waals surface area (Å²) in [5.41, 5.74) is 3.45. The number of ether oxygens (including phenoxy) is 1. The van der Waals surface area contributed by atoms with Gasteiger partial charge in [-0.15, -0.1) is 11.3 Å². The number of rotatable bonds is 5. The summed E-state index contributed by atoms with van der Waals surface area (Å²) in [6.07, 6.45) is 0. The van der Waals surface area contributed by atoms with E-state index in [1.54, 1.807) is 0 Å². The second-order valence-corrected chi connectivity index (χ2v) is 8.92. The molecule has 2 rings (SSSR count). The number of morpholine rings is 1. The van der Waals surface area contributed by atoms with Gasteiger partial charge in [0.15, 0.2) is 0 Å². The van der Waals surface area contributed by atoms with E-state index in [4.69, 9.17) is 10.5 Å².